The number of benzene rings is 1. The van der Waals surface area contributed by atoms with Gasteiger partial charge in [-0.1, -0.05) is 11.6 Å². The number of thiophene rings is 1. The summed E-state index contributed by atoms with van der Waals surface area (Å²) >= 11 is 7.37. The van der Waals surface area contributed by atoms with Crippen LogP contribution in [0.25, 0.3) is 0 Å². The number of aryl methyl sites for hydroxylation is 1. The van der Waals surface area contributed by atoms with Crippen LogP contribution in [0.4, 0.5) is 4.39 Å². The topological polar surface area (TPSA) is 21.3 Å². The molecule has 0 spiro atoms. The molecule has 5 heteroatoms. The molecule has 1 N–H and O–H groups in total. The van der Waals surface area contributed by atoms with Crippen molar-refractivity contribution in [3.05, 3.63) is 50.9 Å². The molecule has 1 aromatic carbocycles. The molecule has 0 aliphatic heterocycles. The Labute approximate surface area is 121 Å². The Morgan fingerprint density at radius 3 is 2.84 bits per heavy atom. The summed E-state index contributed by atoms with van der Waals surface area (Å²) in [7, 11) is 0. The predicted molar refractivity (Wildman–Crippen MR) is 77.7 cm³/mol. The molecule has 0 saturated carbocycles. The molecule has 0 atom stereocenters. The molecule has 0 unspecified atom stereocenters. The van der Waals surface area contributed by atoms with E-state index in [9.17, 15) is 4.39 Å². The normalized spacial score (nSPS) is 10.7. The molecule has 0 radical (unpaired) electrons. The summed E-state index contributed by atoms with van der Waals surface area (Å²) < 4.78 is 18.6. The smallest absolute Gasteiger partial charge is 0.145 e. The van der Waals surface area contributed by atoms with Crippen molar-refractivity contribution in [3.63, 3.8) is 0 Å². The summed E-state index contributed by atoms with van der Waals surface area (Å²) in [6.45, 7) is 4.12. The van der Waals surface area contributed by atoms with Crippen molar-refractivity contribution in [1.29, 1.82) is 0 Å². The molecule has 0 aliphatic carbocycles. The van der Waals surface area contributed by atoms with E-state index < -0.39 is 5.82 Å². The van der Waals surface area contributed by atoms with Crippen molar-refractivity contribution in [3.8, 4) is 5.75 Å². The zero-order valence-electron chi connectivity index (χ0n) is 10.6. The molecular formula is C14H15ClFNOS. The molecule has 0 saturated heterocycles. The second-order valence-electron chi connectivity index (χ2n) is 4.11. The van der Waals surface area contributed by atoms with Gasteiger partial charge in [0.05, 0.1) is 5.02 Å². The zero-order valence-corrected chi connectivity index (χ0v) is 12.2. The van der Waals surface area contributed by atoms with E-state index in [-0.39, 0.29) is 5.02 Å². The van der Waals surface area contributed by atoms with Crippen LogP contribution < -0.4 is 10.1 Å². The van der Waals surface area contributed by atoms with Gasteiger partial charge in [-0.3, -0.25) is 0 Å². The first-order valence-corrected chi connectivity index (χ1v) is 7.18. The highest BCUT2D eigenvalue weighted by Gasteiger charge is 2.01. The zero-order chi connectivity index (χ0) is 13.7. The molecule has 1 aromatic heterocycles. The molecule has 1 heterocycles. The van der Waals surface area contributed by atoms with E-state index >= 15 is 0 Å². The molecule has 0 bridgehead atoms. The number of ether oxygens (including phenoxy) is 1. The highest BCUT2D eigenvalue weighted by Crippen LogP contribution is 2.20. The third-order valence-electron chi connectivity index (χ3n) is 2.53. The number of nitrogens with one attached hydrogen (secondary N) is 1. The van der Waals surface area contributed by atoms with Gasteiger partial charge >= 0.3 is 0 Å². The Kier molecular flexibility index (Phi) is 5.19. The minimum absolute atomic E-state index is 0.110. The van der Waals surface area contributed by atoms with E-state index in [2.05, 4.69) is 24.4 Å². The summed E-state index contributed by atoms with van der Waals surface area (Å²) in [5, 5.41) is 3.39. The monoisotopic (exact) mass is 299 g/mol. The lowest BCUT2D eigenvalue weighted by atomic mass is 10.3. The fourth-order valence-electron chi connectivity index (χ4n) is 1.60. The second-order valence-corrected chi connectivity index (χ2v) is 5.89. The molecule has 2 rings (SSSR count). The van der Waals surface area contributed by atoms with Gasteiger partial charge in [-0.15, -0.1) is 11.3 Å². The summed E-state index contributed by atoms with van der Waals surface area (Å²) in [5.41, 5.74) is 0. The number of hydrogen-bond donors (Lipinski definition) is 1. The van der Waals surface area contributed by atoms with Crippen LogP contribution in [-0.2, 0) is 6.54 Å². The quantitative estimate of drug-likeness (QED) is 0.814. The highest BCUT2D eigenvalue weighted by atomic mass is 35.5. The minimum atomic E-state index is -0.457. The maximum atomic E-state index is 13.2. The molecule has 2 aromatic rings. The van der Waals surface area contributed by atoms with Crippen molar-refractivity contribution < 1.29 is 9.13 Å². The summed E-state index contributed by atoms with van der Waals surface area (Å²) in [6.07, 6.45) is 0. The summed E-state index contributed by atoms with van der Waals surface area (Å²) in [5.74, 6) is 0.0388. The second kappa shape index (κ2) is 6.89. The third-order valence-corrected chi connectivity index (χ3v) is 3.84. The van der Waals surface area contributed by atoms with Gasteiger partial charge in [0.15, 0.2) is 0 Å². The van der Waals surface area contributed by atoms with Gasteiger partial charge in [0.25, 0.3) is 0 Å². The van der Waals surface area contributed by atoms with E-state index in [1.807, 2.05) is 0 Å². The third kappa shape index (κ3) is 4.49. The SMILES string of the molecule is Cc1ccc(CNCCOc2ccc(Cl)c(F)c2)s1. The predicted octanol–water partition coefficient (Wildman–Crippen LogP) is 4.02. The Morgan fingerprint density at radius 1 is 1.32 bits per heavy atom. The number of halogens is 2. The molecule has 0 aliphatic rings. The van der Waals surface area contributed by atoms with Gasteiger partial charge in [0, 0.05) is 28.9 Å². The average Bonchev–Trinajstić information content (AvgIpc) is 2.79. The summed E-state index contributed by atoms with van der Waals surface area (Å²) in [4.78, 5) is 2.61. The molecule has 19 heavy (non-hydrogen) atoms. The standard InChI is InChI=1S/C14H15ClFNOS/c1-10-2-4-12(19-10)9-17-6-7-18-11-3-5-13(15)14(16)8-11/h2-5,8,17H,6-7,9H2,1H3. The van der Waals surface area contributed by atoms with Gasteiger partial charge < -0.3 is 10.1 Å². The highest BCUT2D eigenvalue weighted by molar-refractivity contribution is 7.11. The minimum Gasteiger partial charge on any atom is -0.492 e. The van der Waals surface area contributed by atoms with Crippen LogP contribution in [0, 0.1) is 12.7 Å². The number of rotatable bonds is 6. The maximum absolute atomic E-state index is 13.2. The van der Waals surface area contributed by atoms with Crippen LogP contribution in [0.1, 0.15) is 9.75 Å². The summed E-state index contributed by atoms with van der Waals surface area (Å²) in [6, 6.07) is 8.67. The first-order chi connectivity index (χ1) is 9.15. The average molecular weight is 300 g/mol. The molecular weight excluding hydrogens is 285 g/mol. The van der Waals surface area contributed by atoms with Gasteiger partial charge in [-0.25, -0.2) is 4.39 Å². The van der Waals surface area contributed by atoms with Gasteiger partial charge in [-0.05, 0) is 31.2 Å². The van der Waals surface area contributed by atoms with Crippen molar-refractivity contribution >= 4 is 22.9 Å². The van der Waals surface area contributed by atoms with Crippen molar-refractivity contribution in [2.24, 2.45) is 0 Å². The Hall–Kier alpha value is -1.10. The Balaban J connectivity index is 1.67. The van der Waals surface area contributed by atoms with Crippen molar-refractivity contribution in [1.82, 2.24) is 5.32 Å². The first-order valence-electron chi connectivity index (χ1n) is 5.99. The molecule has 2 nitrogen and oxygen atoms in total. The van der Waals surface area contributed by atoms with Crippen LogP contribution in [0.5, 0.6) is 5.75 Å². The van der Waals surface area contributed by atoms with Crippen LogP contribution in [0.15, 0.2) is 30.3 Å². The Bertz CT molecular complexity index is 544. The van der Waals surface area contributed by atoms with Crippen LogP contribution in [-0.4, -0.2) is 13.2 Å². The van der Waals surface area contributed by atoms with Crippen molar-refractivity contribution in [2.75, 3.05) is 13.2 Å². The van der Waals surface area contributed by atoms with E-state index in [1.165, 1.54) is 21.9 Å². The van der Waals surface area contributed by atoms with Crippen LogP contribution >= 0.6 is 22.9 Å². The van der Waals surface area contributed by atoms with E-state index in [0.29, 0.717) is 18.9 Å². The van der Waals surface area contributed by atoms with Crippen LogP contribution in [0.3, 0.4) is 0 Å². The molecule has 0 amide bonds. The number of hydrogen-bond acceptors (Lipinski definition) is 3. The van der Waals surface area contributed by atoms with Gasteiger partial charge in [0.1, 0.15) is 18.2 Å². The fourth-order valence-corrected chi connectivity index (χ4v) is 2.58. The fraction of sp³-hybridized carbons (Fsp3) is 0.286. The van der Waals surface area contributed by atoms with E-state index in [1.54, 1.807) is 17.4 Å². The van der Waals surface area contributed by atoms with E-state index in [4.69, 9.17) is 16.3 Å². The lowest BCUT2D eigenvalue weighted by Gasteiger charge is -2.07. The van der Waals surface area contributed by atoms with Crippen LogP contribution in [0.2, 0.25) is 5.02 Å². The molecule has 0 fully saturated rings. The van der Waals surface area contributed by atoms with Gasteiger partial charge in [-0.2, -0.15) is 0 Å². The largest absolute Gasteiger partial charge is 0.492 e. The first kappa shape index (κ1) is 14.3. The maximum Gasteiger partial charge on any atom is 0.145 e. The lowest BCUT2D eigenvalue weighted by Crippen LogP contribution is -2.20. The van der Waals surface area contributed by atoms with Gasteiger partial charge in [0.2, 0.25) is 0 Å². The lowest BCUT2D eigenvalue weighted by molar-refractivity contribution is 0.312. The Morgan fingerprint density at radius 2 is 2.16 bits per heavy atom. The van der Waals surface area contributed by atoms with Crippen molar-refractivity contribution in [2.45, 2.75) is 13.5 Å². The van der Waals surface area contributed by atoms with E-state index in [0.717, 1.165) is 6.54 Å². The molecule has 102 valence electrons.